The fourth-order valence-corrected chi connectivity index (χ4v) is 2.86. The summed E-state index contributed by atoms with van der Waals surface area (Å²) in [6, 6.07) is 9.57. The average molecular weight is 419 g/mol. The summed E-state index contributed by atoms with van der Waals surface area (Å²) in [6.45, 7) is 2.37. The van der Waals surface area contributed by atoms with Crippen molar-refractivity contribution >= 4 is 51.5 Å². The number of nitrogens with one attached hydrogen (secondary N) is 2. The van der Waals surface area contributed by atoms with Gasteiger partial charge in [0, 0.05) is 15.1 Å². The van der Waals surface area contributed by atoms with E-state index in [1.807, 2.05) is 6.92 Å². The molecule has 0 aliphatic carbocycles. The normalized spacial score (nSPS) is 10.3. The first-order chi connectivity index (χ1) is 10.0. The van der Waals surface area contributed by atoms with Crippen LogP contribution in [0.2, 0.25) is 5.02 Å². The maximum atomic E-state index is 13.8. The summed E-state index contributed by atoms with van der Waals surface area (Å²) in [5, 5.41) is 6.24. The molecule has 1 amide bonds. The number of halogens is 3. The summed E-state index contributed by atoms with van der Waals surface area (Å²) < 4.78 is 14.6. The van der Waals surface area contributed by atoms with E-state index in [2.05, 4.69) is 33.2 Å². The highest BCUT2D eigenvalue weighted by atomic mass is 127. The number of anilines is 2. The molecule has 0 aliphatic heterocycles. The third kappa shape index (κ3) is 3.85. The van der Waals surface area contributed by atoms with Crippen molar-refractivity contribution in [3.8, 4) is 0 Å². The second-order valence-corrected chi connectivity index (χ2v) is 5.87. The number of hydrogen-bond donors (Lipinski definition) is 2. The summed E-state index contributed by atoms with van der Waals surface area (Å²) in [7, 11) is 0. The van der Waals surface area contributed by atoms with Crippen LogP contribution in [0.15, 0.2) is 36.4 Å². The van der Waals surface area contributed by atoms with E-state index in [4.69, 9.17) is 11.6 Å². The van der Waals surface area contributed by atoms with Gasteiger partial charge in [0.25, 0.3) is 5.91 Å². The third-order valence-electron chi connectivity index (χ3n) is 2.79. The Balaban J connectivity index is 2.30. The van der Waals surface area contributed by atoms with Gasteiger partial charge in [-0.15, -0.1) is 0 Å². The summed E-state index contributed by atoms with van der Waals surface area (Å²) in [5.41, 5.74) is 1.11. The lowest BCUT2D eigenvalue weighted by molar-refractivity contribution is 0.102. The van der Waals surface area contributed by atoms with Crippen LogP contribution < -0.4 is 10.6 Å². The van der Waals surface area contributed by atoms with E-state index in [0.29, 0.717) is 17.3 Å². The van der Waals surface area contributed by atoms with Gasteiger partial charge in [-0.3, -0.25) is 4.79 Å². The smallest absolute Gasteiger partial charge is 0.257 e. The first-order valence-corrected chi connectivity index (χ1v) is 7.77. The highest BCUT2D eigenvalue weighted by Gasteiger charge is 2.15. The molecule has 0 unspecified atom stereocenters. The highest BCUT2D eigenvalue weighted by Crippen LogP contribution is 2.25. The quantitative estimate of drug-likeness (QED) is 0.703. The number of hydrogen-bond acceptors (Lipinski definition) is 2. The van der Waals surface area contributed by atoms with Crippen molar-refractivity contribution < 1.29 is 9.18 Å². The SMILES string of the molecule is CCNc1c(F)cccc1C(=O)Nc1ccc(Cl)cc1I. The van der Waals surface area contributed by atoms with Gasteiger partial charge in [0.1, 0.15) is 5.82 Å². The molecule has 0 aliphatic rings. The minimum absolute atomic E-state index is 0.210. The van der Waals surface area contributed by atoms with E-state index in [9.17, 15) is 9.18 Å². The van der Waals surface area contributed by atoms with Crippen molar-refractivity contribution in [2.75, 3.05) is 17.2 Å². The molecule has 2 N–H and O–H groups in total. The Labute approximate surface area is 141 Å². The largest absolute Gasteiger partial charge is 0.382 e. The van der Waals surface area contributed by atoms with E-state index in [0.717, 1.165) is 3.57 Å². The molecule has 21 heavy (non-hydrogen) atoms. The first-order valence-electron chi connectivity index (χ1n) is 6.31. The molecule has 0 spiro atoms. The molecule has 0 atom stereocenters. The van der Waals surface area contributed by atoms with E-state index < -0.39 is 5.82 Å². The number of rotatable bonds is 4. The molecule has 0 radical (unpaired) electrons. The summed E-state index contributed by atoms with van der Waals surface area (Å²) in [5.74, 6) is -0.819. The predicted octanol–water partition coefficient (Wildman–Crippen LogP) is 4.77. The molecule has 0 fully saturated rings. The summed E-state index contributed by atoms with van der Waals surface area (Å²) >= 11 is 7.96. The van der Waals surface area contributed by atoms with Crippen LogP contribution in [-0.4, -0.2) is 12.5 Å². The lowest BCUT2D eigenvalue weighted by Gasteiger charge is -2.13. The molecule has 2 aromatic rings. The summed E-state index contributed by atoms with van der Waals surface area (Å²) in [4.78, 5) is 12.3. The topological polar surface area (TPSA) is 41.1 Å². The molecule has 0 heterocycles. The average Bonchev–Trinajstić information content (AvgIpc) is 2.44. The minimum Gasteiger partial charge on any atom is -0.382 e. The molecule has 3 nitrogen and oxygen atoms in total. The summed E-state index contributed by atoms with van der Waals surface area (Å²) in [6.07, 6.45) is 0. The number of benzene rings is 2. The fraction of sp³-hybridized carbons (Fsp3) is 0.133. The van der Waals surface area contributed by atoms with Crippen molar-refractivity contribution in [2.24, 2.45) is 0 Å². The Bertz CT molecular complexity index is 679. The maximum Gasteiger partial charge on any atom is 0.257 e. The van der Waals surface area contributed by atoms with Crippen LogP contribution in [0.3, 0.4) is 0 Å². The van der Waals surface area contributed by atoms with E-state index >= 15 is 0 Å². The van der Waals surface area contributed by atoms with Crippen molar-refractivity contribution in [1.29, 1.82) is 0 Å². The van der Waals surface area contributed by atoms with Crippen LogP contribution in [0, 0.1) is 9.39 Å². The molecule has 110 valence electrons. The molecule has 2 rings (SSSR count). The molecular formula is C15H13ClFIN2O. The van der Waals surface area contributed by atoms with E-state index in [1.54, 1.807) is 24.3 Å². The van der Waals surface area contributed by atoms with Gasteiger partial charge in [-0.05, 0) is 59.8 Å². The van der Waals surface area contributed by atoms with Crippen molar-refractivity contribution in [3.63, 3.8) is 0 Å². The third-order valence-corrected chi connectivity index (χ3v) is 3.92. The zero-order valence-corrected chi connectivity index (χ0v) is 14.1. The molecule has 0 saturated carbocycles. The zero-order valence-electron chi connectivity index (χ0n) is 11.2. The number of amides is 1. The second-order valence-electron chi connectivity index (χ2n) is 4.27. The van der Waals surface area contributed by atoms with Gasteiger partial charge < -0.3 is 10.6 Å². The van der Waals surface area contributed by atoms with Gasteiger partial charge in [0.05, 0.1) is 16.9 Å². The monoisotopic (exact) mass is 418 g/mol. The van der Waals surface area contributed by atoms with Crippen LogP contribution in [0.1, 0.15) is 17.3 Å². The molecule has 0 saturated heterocycles. The highest BCUT2D eigenvalue weighted by molar-refractivity contribution is 14.1. The first kappa shape index (κ1) is 16.0. The van der Waals surface area contributed by atoms with Gasteiger partial charge in [-0.1, -0.05) is 17.7 Å². The molecule has 2 aromatic carbocycles. The molecule has 6 heteroatoms. The van der Waals surface area contributed by atoms with Crippen LogP contribution in [0.25, 0.3) is 0 Å². The van der Waals surface area contributed by atoms with E-state index in [-0.39, 0.29) is 17.2 Å². The van der Waals surface area contributed by atoms with Crippen LogP contribution in [0.4, 0.5) is 15.8 Å². The van der Waals surface area contributed by atoms with Crippen molar-refractivity contribution in [2.45, 2.75) is 6.92 Å². The molecule has 0 aromatic heterocycles. The number of carbonyl (C=O) groups is 1. The van der Waals surface area contributed by atoms with Gasteiger partial charge >= 0.3 is 0 Å². The number of carbonyl (C=O) groups excluding carboxylic acids is 1. The van der Waals surface area contributed by atoms with Crippen LogP contribution in [-0.2, 0) is 0 Å². The van der Waals surface area contributed by atoms with Crippen LogP contribution >= 0.6 is 34.2 Å². The fourth-order valence-electron chi connectivity index (χ4n) is 1.85. The van der Waals surface area contributed by atoms with Gasteiger partial charge in [0.2, 0.25) is 0 Å². The Hall–Kier alpha value is -1.34. The van der Waals surface area contributed by atoms with Gasteiger partial charge in [0.15, 0.2) is 0 Å². The van der Waals surface area contributed by atoms with Gasteiger partial charge in [-0.25, -0.2) is 4.39 Å². The van der Waals surface area contributed by atoms with Crippen LogP contribution in [0.5, 0.6) is 0 Å². The number of para-hydroxylation sites is 1. The molecule has 0 bridgehead atoms. The maximum absolute atomic E-state index is 13.8. The zero-order chi connectivity index (χ0) is 15.4. The second kappa shape index (κ2) is 7.09. The lowest BCUT2D eigenvalue weighted by Crippen LogP contribution is -2.16. The minimum atomic E-state index is -0.449. The lowest BCUT2D eigenvalue weighted by atomic mass is 10.1. The Morgan fingerprint density at radius 3 is 2.76 bits per heavy atom. The molecular weight excluding hydrogens is 406 g/mol. The predicted molar refractivity (Wildman–Crippen MR) is 92.7 cm³/mol. The van der Waals surface area contributed by atoms with Crippen molar-refractivity contribution in [3.05, 3.63) is 56.4 Å². The Morgan fingerprint density at radius 2 is 2.10 bits per heavy atom. The van der Waals surface area contributed by atoms with Gasteiger partial charge in [-0.2, -0.15) is 0 Å². The van der Waals surface area contributed by atoms with E-state index in [1.165, 1.54) is 12.1 Å². The standard InChI is InChI=1S/C15H13ClFIN2O/c1-2-19-14-10(4-3-5-11(14)17)15(21)20-13-7-6-9(16)8-12(13)18/h3-8,19H,2H2,1H3,(H,20,21). The van der Waals surface area contributed by atoms with Crippen molar-refractivity contribution in [1.82, 2.24) is 0 Å². The Kier molecular flexibility index (Phi) is 5.41. The Morgan fingerprint density at radius 1 is 1.33 bits per heavy atom.